The van der Waals surface area contributed by atoms with Crippen molar-refractivity contribution < 1.29 is 14.3 Å². The van der Waals surface area contributed by atoms with E-state index in [9.17, 15) is 9.59 Å². The van der Waals surface area contributed by atoms with Gasteiger partial charge in [0.25, 0.3) is 6.02 Å². The SMILES string of the molecule is N=C(N)OCSCC(CSCC(=O)NN)SCC(=O)NN. The number of hydrogen-bond donors (Lipinski definition) is 6. The number of thioether (sulfide) groups is 3. The van der Waals surface area contributed by atoms with Crippen LogP contribution in [0.3, 0.4) is 0 Å². The number of hydrogen-bond acceptors (Lipinski definition) is 9. The summed E-state index contributed by atoms with van der Waals surface area (Å²) < 4.78 is 4.83. The van der Waals surface area contributed by atoms with Gasteiger partial charge in [0.2, 0.25) is 11.8 Å². The van der Waals surface area contributed by atoms with Crippen LogP contribution in [-0.4, -0.2) is 52.0 Å². The summed E-state index contributed by atoms with van der Waals surface area (Å²) in [6.45, 7) is 0. The van der Waals surface area contributed by atoms with Crippen molar-refractivity contribution in [3.63, 3.8) is 0 Å². The lowest BCUT2D eigenvalue weighted by Crippen LogP contribution is -2.33. The van der Waals surface area contributed by atoms with E-state index in [0.717, 1.165) is 0 Å². The molecule has 0 aromatic carbocycles. The molecule has 0 heterocycles. The molecule has 0 aromatic heterocycles. The summed E-state index contributed by atoms with van der Waals surface area (Å²) >= 11 is 4.30. The Labute approximate surface area is 135 Å². The molecular formula is C9H20N6O3S3. The number of carbonyl (C=O) groups excluding carboxylic acids is 2. The maximum Gasteiger partial charge on any atom is 0.279 e. The van der Waals surface area contributed by atoms with E-state index in [2.05, 4.69) is 10.9 Å². The molecule has 0 saturated heterocycles. The van der Waals surface area contributed by atoms with Gasteiger partial charge in [0.05, 0.1) is 11.5 Å². The van der Waals surface area contributed by atoms with E-state index >= 15 is 0 Å². The molecule has 0 bridgehead atoms. The molecule has 12 heteroatoms. The standard InChI is InChI=1S/C9H20N6O3S3/c10-9(11)18-5-20-2-6(21-4-8(17)15-13)1-19-3-7(16)14-12/h6H,1-5,12-13H2,(H3,10,11)(H,14,16)(H,15,17). The van der Waals surface area contributed by atoms with Crippen molar-refractivity contribution in [3.05, 3.63) is 0 Å². The topological polar surface area (TPSA) is 169 Å². The van der Waals surface area contributed by atoms with Crippen LogP contribution < -0.4 is 28.3 Å². The highest BCUT2D eigenvalue weighted by Crippen LogP contribution is 2.21. The van der Waals surface area contributed by atoms with Gasteiger partial charge in [0.1, 0.15) is 5.94 Å². The lowest BCUT2D eigenvalue weighted by atomic mass is 10.5. The highest BCUT2D eigenvalue weighted by atomic mass is 32.2. The average Bonchev–Trinajstić information content (AvgIpc) is 2.47. The third kappa shape index (κ3) is 12.6. The van der Waals surface area contributed by atoms with Gasteiger partial charge in [-0.05, 0) is 0 Å². The van der Waals surface area contributed by atoms with Crippen LogP contribution in [-0.2, 0) is 14.3 Å². The Balaban J connectivity index is 4.04. The quantitative estimate of drug-likeness (QED) is 0.0485. The van der Waals surface area contributed by atoms with Crippen molar-refractivity contribution in [2.24, 2.45) is 17.4 Å². The fraction of sp³-hybridized carbons (Fsp3) is 0.667. The molecular weight excluding hydrogens is 336 g/mol. The minimum Gasteiger partial charge on any atom is -0.455 e. The number of rotatable bonds is 11. The molecule has 1 unspecified atom stereocenters. The van der Waals surface area contributed by atoms with E-state index in [1.165, 1.54) is 35.3 Å². The fourth-order valence-corrected chi connectivity index (χ4v) is 4.41. The second-order valence-corrected chi connectivity index (χ2v) is 6.88. The molecule has 0 aromatic rings. The van der Waals surface area contributed by atoms with Crippen molar-refractivity contribution >= 4 is 53.1 Å². The molecule has 2 amide bonds. The van der Waals surface area contributed by atoms with Gasteiger partial charge < -0.3 is 10.5 Å². The number of ether oxygens (including phenoxy) is 1. The monoisotopic (exact) mass is 356 g/mol. The molecule has 1 atom stereocenters. The van der Waals surface area contributed by atoms with Gasteiger partial charge >= 0.3 is 0 Å². The summed E-state index contributed by atoms with van der Waals surface area (Å²) in [6.07, 6.45) is 0. The molecule has 0 aliphatic heterocycles. The molecule has 21 heavy (non-hydrogen) atoms. The zero-order valence-electron chi connectivity index (χ0n) is 11.3. The first-order valence-corrected chi connectivity index (χ1v) is 9.08. The predicted octanol–water partition coefficient (Wildman–Crippen LogP) is -1.60. The summed E-state index contributed by atoms with van der Waals surface area (Å²) in [4.78, 5) is 22.2. The first-order chi connectivity index (χ1) is 9.99. The zero-order valence-corrected chi connectivity index (χ0v) is 13.7. The van der Waals surface area contributed by atoms with Gasteiger partial charge in [-0.3, -0.25) is 25.8 Å². The molecule has 0 fully saturated rings. The fourth-order valence-electron chi connectivity index (χ4n) is 0.989. The summed E-state index contributed by atoms with van der Waals surface area (Å²) in [7, 11) is 0. The Morgan fingerprint density at radius 1 is 1.10 bits per heavy atom. The second-order valence-electron chi connectivity index (χ2n) is 3.58. The van der Waals surface area contributed by atoms with Gasteiger partial charge in [-0.25, -0.2) is 11.7 Å². The average molecular weight is 356 g/mol. The van der Waals surface area contributed by atoms with Crippen LogP contribution in [0.2, 0.25) is 0 Å². The molecule has 0 aliphatic rings. The summed E-state index contributed by atoms with van der Waals surface area (Å²) in [5.74, 6) is 11.6. The summed E-state index contributed by atoms with van der Waals surface area (Å²) in [6, 6.07) is -0.330. The Hall–Kier alpha value is -0.820. The van der Waals surface area contributed by atoms with Gasteiger partial charge in [-0.1, -0.05) is 0 Å². The number of nitrogens with two attached hydrogens (primary N) is 3. The molecule has 0 saturated carbocycles. The van der Waals surface area contributed by atoms with E-state index in [4.69, 9.17) is 27.6 Å². The van der Waals surface area contributed by atoms with Crippen molar-refractivity contribution in [2.45, 2.75) is 5.25 Å². The van der Waals surface area contributed by atoms with Crippen molar-refractivity contribution in [3.8, 4) is 0 Å². The molecule has 0 aliphatic carbocycles. The zero-order chi connectivity index (χ0) is 16.1. The van der Waals surface area contributed by atoms with Crippen LogP contribution in [0.4, 0.5) is 0 Å². The van der Waals surface area contributed by atoms with Crippen LogP contribution in [0.25, 0.3) is 0 Å². The first-order valence-electron chi connectivity index (χ1n) is 5.72. The van der Waals surface area contributed by atoms with E-state index in [1.54, 1.807) is 0 Å². The third-order valence-corrected chi connectivity index (χ3v) is 5.59. The van der Waals surface area contributed by atoms with Gasteiger partial charge in [-0.2, -0.15) is 11.8 Å². The van der Waals surface area contributed by atoms with Crippen molar-refractivity contribution in [1.29, 1.82) is 5.41 Å². The highest BCUT2D eigenvalue weighted by molar-refractivity contribution is 8.05. The lowest BCUT2D eigenvalue weighted by molar-refractivity contribution is -0.119. The Bertz CT molecular complexity index is 347. The van der Waals surface area contributed by atoms with Crippen LogP contribution in [0, 0.1) is 5.41 Å². The largest absolute Gasteiger partial charge is 0.455 e. The van der Waals surface area contributed by atoms with Crippen LogP contribution in [0.15, 0.2) is 0 Å². The molecule has 9 nitrogen and oxygen atoms in total. The Morgan fingerprint density at radius 3 is 2.24 bits per heavy atom. The molecule has 0 radical (unpaired) electrons. The molecule has 9 N–H and O–H groups in total. The van der Waals surface area contributed by atoms with E-state index < -0.39 is 0 Å². The summed E-state index contributed by atoms with van der Waals surface area (Å²) in [5.41, 5.74) is 9.19. The van der Waals surface area contributed by atoms with Crippen molar-refractivity contribution in [1.82, 2.24) is 10.9 Å². The van der Waals surface area contributed by atoms with Gasteiger partial charge in [0, 0.05) is 16.8 Å². The molecule has 0 spiro atoms. The van der Waals surface area contributed by atoms with Crippen LogP contribution >= 0.6 is 35.3 Å². The smallest absolute Gasteiger partial charge is 0.279 e. The number of amidine groups is 1. The van der Waals surface area contributed by atoms with Gasteiger partial charge in [0.15, 0.2) is 0 Å². The first kappa shape index (κ1) is 20.2. The van der Waals surface area contributed by atoms with E-state index in [-0.39, 0.29) is 40.5 Å². The van der Waals surface area contributed by atoms with Crippen LogP contribution in [0.1, 0.15) is 0 Å². The molecule has 122 valence electrons. The second kappa shape index (κ2) is 12.9. The van der Waals surface area contributed by atoms with E-state index in [1.807, 2.05) is 0 Å². The Morgan fingerprint density at radius 2 is 1.67 bits per heavy atom. The number of nitrogens with one attached hydrogen (secondary N) is 3. The third-order valence-electron chi connectivity index (χ3n) is 1.91. The van der Waals surface area contributed by atoms with Gasteiger partial charge in [-0.15, -0.1) is 23.5 Å². The minimum atomic E-state index is -0.330. The maximum atomic E-state index is 11.1. The lowest BCUT2D eigenvalue weighted by Gasteiger charge is -2.15. The highest BCUT2D eigenvalue weighted by Gasteiger charge is 2.13. The van der Waals surface area contributed by atoms with Crippen molar-refractivity contribution in [2.75, 3.05) is 29.0 Å². The Kier molecular flexibility index (Phi) is 12.4. The van der Waals surface area contributed by atoms with E-state index in [0.29, 0.717) is 11.5 Å². The summed E-state index contributed by atoms with van der Waals surface area (Å²) in [5, 5.41) is 7.05. The number of amides is 2. The minimum absolute atomic E-state index is 0.124. The predicted molar refractivity (Wildman–Crippen MR) is 88.6 cm³/mol. The normalized spacial score (nSPS) is 11.5. The molecule has 0 rings (SSSR count). The maximum absolute atomic E-state index is 11.1. The number of carbonyl (C=O) groups is 2. The number of hydrazine groups is 2. The van der Waals surface area contributed by atoms with Crippen LogP contribution in [0.5, 0.6) is 0 Å².